The summed E-state index contributed by atoms with van der Waals surface area (Å²) in [6.07, 6.45) is 10.8. The lowest BCUT2D eigenvalue weighted by Crippen LogP contribution is -2.31. The van der Waals surface area contributed by atoms with Crippen LogP contribution in [-0.2, 0) is 9.63 Å². The Morgan fingerprint density at radius 1 is 1.52 bits per heavy atom. The van der Waals surface area contributed by atoms with Crippen molar-refractivity contribution in [3.63, 3.8) is 0 Å². The van der Waals surface area contributed by atoms with E-state index < -0.39 is 0 Å². The first-order chi connectivity index (χ1) is 10.2. The van der Waals surface area contributed by atoms with Gasteiger partial charge in [0.25, 0.3) is 0 Å². The average Bonchev–Trinajstić information content (AvgIpc) is 2.88. The summed E-state index contributed by atoms with van der Waals surface area (Å²) in [5.41, 5.74) is 2.10. The van der Waals surface area contributed by atoms with E-state index in [0.717, 1.165) is 44.6 Å². The van der Waals surface area contributed by atoms with Crippen molar-refractivity contribution in [3.05, 3.63) is 11.6 Å². The molecule has 5 nitrogen and oxygen atoms in total. The predicted molar refractivity (Wildman–Crippen MR) is 82.8 cm³/mol. The van der Waals surface area contributed by atoms with Gasteiger partial charge in [0, 0.05) is 39.0 Å². The van der Waals surface area contributed by atoms with E-state index in [9.17, 15) is 4.79 Å². The maximum atomic E-state index is 11.7. The number of likely N-dealkylation sites (N-methyl/N-ethyl adjacent to an activating group) is 1. The normalized spacial score (nSPS) is 20.4. The zero-order chi connectivity index (χ0) is 15.1. The van der Waals surface area contributed by atoms with E-state index in [1.54, 1.807) is 0 Å². The maximum absolute atomic E-state index is 11.7. The second kappa shape index (κ2) is 7.84. The van der Waals surface area contributed by atoms with E-state index >= 15 is 0 Å². The highest BCUT2D eigenvalue weighted by Crippen LogP contribution is 2.15. The molecule has 0 saturated carbocycles. The van der Waals surface area contributed by atoms with E-state index in [1.807, 2.05) is 4.90 Å². The van der Waals surface area contributed by atoms with Crippen molar-refractivity contribution in [1.29, 1.82) is 0 Å². The number of carbonyl (C=O) groups excluding carboxylic acids is 1. The summed E-state index contributed by atoms with van der Waals surface area (Å²) in [6, 6.07) is 0. The zero-order valence-electron chi connectivity index (χ0n) is 12.7. The fourth-order valence-electron chi connectivity index (χ4n) is 2.70. The summed E-state index contributed by atoms with van der Waals surface area (Å²) < 4.78 is 0. The number of oxime groups is 1. The van der Waals surface area contributed by atoms with Gasteiger partial charge in [-0.25, -0.2) is 0 Å². The number of hydrogen-bond acceptors (Lipinski definition) is 4. The first-order valence-electron chi connectivity index (χ1n) is 7.48. The fraction of sp³-hybridized carbons (Fsp3) is 0.625. The van der Waals surface area contributed by atoms with Crippen molar-refractivity contribution in [2.24, 2.45) is 5.16 Å². The van der Waals surface area contributed by atoms with E-state index in [1.165, 1.54) is 5.57 Å². The van der Waals surface area contributed by atoms with E-state index in [4.69, 9.17) is 11.3 Å². The van der Waals surface area contributed by atoms with E-state index in [-0.39, 0.29) is 12.5 Å². The first kappa shape index (κ1) is 15.6. The quantitative estimate of drug-likeness (QED) is 0.320. The van der Waals surface area contributed by atoms with Gasteiger partial charge in [0.1, 0.15) is 0 Å². The molecule has 2 rings (SSSR count). The number of nitrogens with zero attached hydrogens (tertiary/aromatic N) is 3. The third-order valence-electron chi connectivity index (χ3n) is 3.83. The van der Waals surface area contributed by atoms with Crippen molar-refractivity contribution < 1.29 is 9.63 Å². The monoisotopic (exact) mass is 289 g/mol. The SMILES string of the molecule is C#CCO/N=C(/CCN1CCCC1=O)C1=CCCN(C)C1. The van der Waals surface area contributed by atoms with Crippen molar-refractivity contribution in [1.82, 2.24) is 9.80 Å². The van der Waals surface area contributed by atoms with Crippen LogP contribution in [0.3, 0.4) is 0 Å². The fourth-order valence-corrected chi connectivity index (χ4v) is 2.70. The van der Waals surface area contributed by atoms with Crippen LogP contribution in [0.5, 0.6) is 0 Å². The standard InChI is InChI=1S/C16H23N3O2/c1-3-12-21-17-15(14-6-4-9-18(2)13-14)8-11-19-10-5-7-16(19)20/h1,6H,4-5,7-13H2,2H3/b17-15-. The van der Waals surface area contributed by atoms with Gasteiger partial charge in [-0.05, 0) is 25.5 Å². The average molecular weight is 289 g/mol. The van der Waals surface area contributed by atoms with Gasteiger partial charge in [-0.2, -0.15) is 0 Å². The molecule has 0 N–H and O–H groups in total. The second-order valence-corrected chi connectivity index (χ2v) is 5.51. The number of hydrogen-bond donors (Lipinski definition) is 0. The summed E-state index contributed by atoms with van der Waals surface area (Å²) in [4.78, 5) is 21.0. The third-order valence-corrected chi connectivity index (χ3v) is 3.83. The minimum atomic E-state index is 0.176. The molecule has 21 heavy (non-hydrogen) atoms. The largest absolute Gasteiger partial charge is 0.382 e. The molecule has 0 bridgehead atoms. The van der Waals surface area contributed by atoms with Gasteiger partial charge in [-0.1, -0.05) is 17.2 Å². The smallest absolute Gasteiger partial charge is 0.222 e. The van der Waals surface area contributed by atoms with E-state index in [2.05, 4.69) is 29.1 Å². The van der Waals surface area contributed by atoms with Crippen molar-refractivity contribution in [2.75, 3.05) is 39.8 Å². The molecular formula is C16H23N3O2. The molecule has 1 fully saturated rings. The summed E-state index contributed by atoms with van der Waals surface area (Å²) in [5, 5.41) is 4.20. The number of likely N-dealkylation sites (tertiary alicyclic amines) is 1. The van der Waals surface area contributed by atoms with Crippen LogP contribution in [0, 0.1) is 12.3 Å². The summed E-state index contributed by atoms with van der Waals surface area (Å²) in [6.45, 7) is 3.67. The molecule has 5 heteroatoms. The molecule has 0 radical (unpaired) electrons. The van der Waals surface area contributed by atoms with Crippen molar-refractivity contribution in [2.45, 2.75) is 25.7 Å². The van der Waals surface area contributed by atoms with Crippen LogP contribution in [0.4, 0.5) is 0 Å². The Balaban J connectivity index is 1.98. The molecule has 2 aliphatic heterocycles. The number of carbonyl (C=O) groups is 1. The lowest BCUT2D eigenvalue weighted by Gasteiger charge is -2.24. The number of rotatable bonds is 6. The Labute approximate surface area is 126 Å². The van der Waals surface area contributed by atoms with Gasteiger partial charge in [-0.15, -0.1) is 6.42 Å². The molecule has 0 aromatic carbocycles. The lowest BCUT2D eigenvalue weighted by atomic mass is 10.0. The molecule has 0 atom stereocenters. The molecule has 1 amide bonds. The Bertz CT molecular complexity index is 476. The summed E-state index contributed by atoms with van der Waals surface area (Å²) in [5.74, 6) is 2.66. The molecule has 1 saturated heterocycles. The van der Waals surface area contributed by atoms with Gasteiger partial charge in [-0.3, -0.25) is 4.79 Å². The lowest BCUT2D eigenvalue weighted by molar-refractivity contribution is -0.127. The molecule has 2 aliphatic rings. The minimum Gasteiger partial charge on any atom is -0.382 e. The van der Waals surface area contributed by atoms with Crippen LogP contribution in [0.15, 0.2) is 16.8 Å². The van der Waals surface area contributed by atoms with Crippen molar-refractivity contribution >= 4 is 11.6 Å². The van der Waals surface area contributed by atoms with Crippen molar-refractivity contribution in [3.8, 4) is 12.3 Å². The predicted octanol–water partition coefficient (Wildman–Crippen LogP) is 1.27. The van der Waals surface area contributed by atoms with Crippen LogP contribution >= 0.6 is 0 Å². The Hall–Kier alpha value is -1.80. The van der Waals surface area contributed by atoms with Crippen LogP contribution in [-0.4, -0.2) is 61.3 Å². The summed E-state index contributed by atoms with van der Waals surface area (Å²) in [7, 11) is 2.09. The Kier molecular flexibility index (Phi) is 5.82. The zero-order valence-corrected chi connectivity index (χ0v) is 12.7. The Morgan fingerprint density at radius 3 is 3.05 bits per heavy atom. The highest BCUT2D eigenvalue weighted by atomic mass is 16.6. The second-order valence-electron chi connectivity index (χ2n) is 5.51. The molecule has 0 aliphatic carbocycles. The molecular weight excluding hydrogens is 266 g/mol. The molecule has 0 aromatic rings. The third kappa shape index (κ3) is 4.61. The minimum absolute atomic E-state index is 0.176. The van der Waals surface area contributed by atoms with Crippen LogP contribution in [0.2, 0.25) is 0 Å². The van der Waals surface area contributed by atoms with Gasteiger partial charge in [0.2, 0.25) is 5.91 Å². The molecule has 0 unspecified atom stereocenters. The first-order valence-corrected chi connectivity index (χ1v) is 7.48. The van der Waals surface area contributed by atoms with Gasteiger partial charge in [0.05, 0.1) is 5.71 Å². The summed E-state index contributed by atoms with van der Waals surface area (Å²) >= 11 is 0. The molecule has 2 heterocycles. The van der Waals surface area contributed by atoms with Gasteiger partial charge < -0.3 is 14.6 Å². The maximum Gasteiger partial charge on any atom is 0.222 e. The Morgan fingerprint density at radius 2 is 2.38 bits per heavy atom. The van der Waals surface area contributed by atoms with Crippen LogP contribution in [0.1, 0.15) is 25.7 Å². The molecule has 0 aromatic heterocycles. The van der Waals surface area contributed by atoms with E-state index in [0.29, 0.717) is 13.0 Å². The number of terminal acetylenes is 1. The molecule has 114 valence electrons. The highest BCUT2D eigenvalue weighted by molar-refractivity contribution is 6.00. The number of amides is 1. The van der Waals surface area contributed by atoms with Crippen LogP contribution in [0.25, 0.3) is 0 Å². The highest BCUT2D eigenvalue weighted by Gasteiger charge is 2.21. The topological polar surface area (TPSA) is 45.1 Å². The van der Waals surface area contributed by atoms with Gasteiger partial charge in [0.15, 0.2) is 6.61 Å². The van der Waals surface area contributed by atoms with Crippen LogP contribution < -0.4 is 0 Å². The molecule has 0 spiro atoms. The van der Waals surface area contributed by atoms with Gasteiger partial charge >= 0.3 is 0 Å².